The van der Waals surface area contributed by atoms with Gasteiger partial charge in [-0.25, -0.2) is 0 Å². The standard InChI is InChI=1S/C13H17ClN6O3/c1-4-18-6-10(14)11(16-18)7-17(3)13(21)8-19-12(20(22)23)5-9(2)15-19/h5-6H,4,7-8H2,1-3H3. The van der Waals surface area contributed by atoms with Crippen molar-refractivity contribution in [3.05, 3.63) is 38.8 Å². The van der Waals surface area contributed by atoms with Crippen LogP contribution in [0.25, 0.3) is 0 Å². The van der Waals surface area contributed by atoms with Crippen LogP contribution < -0.4 is 0 Å². The van der Waals surface area contributed by atoms with Gasteiger partial charge in [-0.2, -0.15) is 5.10 Å². The highest BCUT2D eigenvalue weighted by atomic mass is 35.5. The summed E-state index contributed by atoms with van der Waals surface area (Å²) in [5, 5.41) is 19.7. The molecule has 23 heavy (non-hydrogen) atoms. The Labute approximate surface area is 137 Å². The van der Waals surface area contributed by atoms with Gasteiger partial charge in [-0.15, -0.1) is 4.68 Å². The summed E-state index contributed by atoms with van der Waals surface area (Å²) in [5.74, 6) is -0.532. The maximum atomic E-state index is 12.3. The monoisotopic (exact) mass is 340 g/mol. The quantitative estimate of drug-likeness (QED) is 0.587. The molecule has 9 nitrogen and oxygen atoms in total. The zero-order valence-electron chi connectivity index (χ0n) is 13.1. The summed E-state index contributed by atoms with van der Waals surface area (Å²) in [4.78, 5) is 24.1. The molecule has 0 aliphatic heterocycles. The van der Waals surface area contributed by atoms with Gasteiger partial charge in [-0.3, -0.25) is 9.48 Å². The minimum Gasteiger partial charge on any atom is -0.358 e. The largest absolute Gasteiger partial charge is 0.358 e. The molecule has 0 bridgehead atoms. The van der Waals surface area contributed by atoms with Crippen LogP contribution in [0.5, 0.6) is 0 Å². The summed E-state index contributed by atoms with van der Waals surface area (Å²) in [6, 6.07) is 1.33. The first-order valence-electron chi connectivity index (χ1n) is 6.96. The second-order valence-corrected chi connectivity index (χ2v) is 5.50. The van der Waals surface area contributed by atoms with Crippen LogP contribution in [0.1, 0.15) is 18.3 Å². The number of aryl methyl sites for hydroxylation is 2. The third-order valence-corrected chi connectivity index (χ3v) is 3.59. The third-order valence-electron chi connectivity index (χ3n) is 3.28. The molecule has 124 valence electrons. The number of likely N-dealkylation sites (N-methyl/N-ethyl adjacent to an activating group) is 1. The summed E-state index contributed by atoms with van der Waals surface area (Å²) >= 11 is 6.07. The molecule has 0 atom stereocenters. The average Bonchev–Trinajstić information content (AvgIpc) is 3.02. The number of nitrogens with zero attached hydrogens (tertiary/aromatic N) is 6. The van der Waals surface area contributed by atoms with E-state index < -0.39 is 4.92 Å². The Balaban J connectivity index is 2.08. The van der Waals surface area contributed by atoms with Crippen molar-refractivity contribution in [3.63, 3.8) is 0 Å². The zero-order chi connectivity index (χ0) is 17.1. The van der Waals surface area contributed by atoms with Crippen LogP contribution in [0.15, 0.2) is 12.3 Å². The highest BCUT2D eigenvalue weighted by Gasteiger charge is 2.22. The lowest BCUT2D eigenvalue weighted by Crippen LogP contribution is -2.30. The van der Waals surface area contributed by atoms with Crippen LogP contribution >= 0.6 is 11.6 Å². The van der Waals surface area contributed by atoms with Gasteiger partial charge in [0.2, 0.25) is 0 Å². The van der Waals surface area contributed by atoms with E-state index in [-0.39, 0.29) is 24.8 Å². The highest BCUT2D eigenvalue weighted by molar-refractivity contribution is 6.31. The van der Waals surface area contributed by atoms with Crippen molar-refractivity contribution < 1.29 is 9.72 Å². The van der Waals surface area contributed by atoms with E-state index in [0.717, 1.165) is 4.68 Å². The minimum atomic E-state index is -0.562. The number of hydrogen-bond donors (Lipinski definition) is 0. The van der Waals surface area contributed by atoms with E-state index in [2.05, 4.69) is 10.2 Å². The molecule has 1 amide bonds. The minimum absolute atomic E-state index is 0.211. The van der Waals surface area contributed by atoms with Gasteiger partial charge in [-0.1, -0.05) is 16.7 Å². The molecule has 0 saturated heterocycles. The van der Waals surface area contributed by atoms with E-state index in [4.69, 9.17) is 11.6 Å². The number of nitro groups is 1. The number of rotatable bonds is 6. The molecular formula is C13H17ClN6O3. The number of amides is 1. The molecule has 0 spiro atoms. The van der Waals surface area contributed by atoms with Crippen LogP contribution in [-0.4, -0.2) is 42.3 Å². The Bertz CT molecular complexity index is 738. The predicted octanol–water partition coefficient (Wildman–Crippen LogP) is 1.63. The van der Waals surface area contributed by atoms with Crippen molar-refractivity contribution in [1.82, 2.24) is 24.5 Å². The topological polar surface area (TPSA) is 99.1 Å². The van der Waals surface area contributed by atoms with E-state index in [1.165, 1.54) is 11.0 Å². The molecule has 0 unspecified atom stereocenters. The van der Waals surface area contributed by atoms with Crippen molar-refractivity contribution >= 4 is 23.3 Å². The van der Waals surface area contributed by atoms with Gasteiger partial charge in [-0.05, 0) is 18.8 Å². The van der Waals surface area contributed by atoms with E-state index in [1.54, 1.807) is 24.9 Å². The Hall–Kier alpha value is -2.42. The number of halogens is 1. The van der Waals surface area contributed by atoms with Gasteiger partial charge in [0.25, 0.3) is 5.91 Å². The van der Waals surface area contributed by atoms with E-state index in [1.807, 2.05) is 6.92 Å². The SMILES string of the molecule is CCn1cc(Cl)c(CN(C)C(=O)Cn2nc(C)cc2[N+](=O)[O-])n1. The first-order valence-corrected chi connectivity index (χ1v) is 7.34. The second-order valence-electron chi connectivity index (χ2n) is 5.09. The lowest BCUT2D eigenvalue weighted by atomic mass is 10.4. The van der Waals surface area contributed by atoms with E-state index in [9.17, 15) is 14.9 Å². The number of carbonyl (C=O) groups excluding carboxylic acids is 1. The lowest BCUT2D eigenvalue weighted by Gasteiger charge is -2.14. The molecule has 0 saturated carbocycles. The molecule has 0 fully saturated rings. The van der Waals surface area contributed by atoms with E-state index in [0.29, 0.717) is 23.0 Å². The van der Waals surface area contributed by atoms with Gasteiger partial charge in [0.05, 0.1) is 23.3 Å². The van der Waals surface area contributed by atoms with Crippen LogP contribution in [-0.2, 0) is 24.4 Å². The summed E-state index contributed by atoms with van der Waals surface area (Å²) in [6.07, 6.45) is 1.69. The Kier molecular flexibility index (Phi) is 4.99. The van der Waals surface area contributed by atoms with Crippen LogP contribution in [0, 0.1) is 17.0 Å². The van der Waals surface area contributed by atoms with E-state index >= 15 is 0 Å². The third kappa shape index (κ3) is 3.86. The average molecular weight is 341 g/mol. The predicted molar refractivity (Wildman–Crippen MR) is 83.0 cm³/mol. The number of carbonyl (C=O) groups is 1. The fraction of sp³-hybridized carbons (Fsp3) is 0.462. The van der Waals surface area contributed by atoms with Crippen molar-refractivity contribution in [1.29, 1.82) is 0 Å². The van der Waals surface area contributed by atoms with Crippen LogP contribution in [0.2, 0.25) is 5.02 Å². The maximum absolute atomic E-state index is 12.3. The van der Waals surface area contributed by atoms with Crippen molar-refractivity contribution in [3.8, 4) is 0 Å². The molecule has 2 heterocycles. The number of hydrogen-bond acceptors (Lipinski definition) is 5. The molecule has 0 N–H and O–H groups in total. The smallest absolute Gasteiger partial charge is 0.345 e. The van der Waals surface area contributed by atoms with Crippen LogP contribution in [0.3, 0.4) is 0 Å². The molecule has 2 rings (SSSR count). The molecule has 0 radical (unpaired) electrons. The van der Waals surface area contributed by atoms with Gasteiger partial charge < -0.3 is 15.0 Å². The molecule has 0 aliphatic rings. The van der Waals surface area contributed by atoms with Crippen LogP contribution in [0.4, 0.5) is 5.82 Å². The first-order chi connectivity index (χ1) is 10.8. The van der Waals surface area contributed by atoms with Crippen molar-refractivity contribution in [2.24, 2.45) is 0 Å². The summed E-state index contributed by atoms with van der Waals surface area (Å²) in [7, 11) is 1.59. The van der Waals surface area contributed by atoms with Crippen molar-refractivity contribution in [2.75, 3.05) is 7.05 Å². The highest BCUT2D eigenvalue weighted by Crippen LogP contribution is 2.17. The summed E-state index contributed by atoms with van der Waals surface area (Å²) < 4.78 is 2.76. The van der Waals surface area contributed by atoms with Gasteiger partial charge in [0.15, 0.2) is 6.54 Å². The Morgan fingerprint density at radius 2 is 2.17 bits per heavy atom. The van der Waals surface area contributed by atoms with Gasteiger partial charge in [0.1, 0.15) is 5.69 Å². The molecule has 2 aromatic rings. The zero-order valence-corrected chi connectivity index (χ0v) is 13.8. The lowest BCUT2D eigenvalue weighted by molar-refractivity contribution is -0.392. The second kappa shape index (κ2) is 6.78. The first kappa shape index (κ1) is 16.9. The Morgan fingerprint density at radius 3 is 2.74 bits per heavy atom. The fourth-order valence-electron chi connectivity index (χ4n) is 2.06. The maximum Gasteiger partial charge on any atom is 0.345 e. The van der Waals surface area contributed by atoms with Gasteiger partial charge >= 0.3 is 5.82 Å². The summed E-state index contributed by atoms with van der Waals surface area (Å²) in [5.41, 5.74) is 1.06. The Morgan fingerprint density at radius 1 is 1.48 bits per heavy atom. The molecule has 2 aromatic heterocycles. The molecular weight excluding hydrogens is 324 g/mol. The van der Waals surface area contributed by atoms with Crippen molar-refractivity contribution in [2.45, 2.75) is 33.5 Å². The fourth-order valence-corrected chi connectivity index (χ4v) is 2.27. The normalized spacial score (nSPS) is 10.8. The summed E-state index contributed by atoms with van der Waals surface area (Å²) in [6.45, 7) is 4.25. The molecule has 10 heteroatoms. The number of aromatic nitrogens is 4. The van der Waals surface area contributed by atoms with Gasteiger partial charge in [0, 0.05) is 19.8 Å². The molecule has 0 aliphatic carbocycles. The molecule has 0 aromatic carbocycles.